The fourth-order valence-corrected chi connectivity index (χ4v) is 2.79. The van der Waals surface area contributed by atoms with Gasteiger partial charge in [0.25, 0.3) is 0 Å². The van der Waals surface area contributed by atoms with Gasteiger partial charge >= 0.3 is 5.97 Å². The second-order valence-electron chi connectivity index (χ2n) is 4.87. The zero-order valence-corrected chi connectivity index (χ0v) is 11.6. The van der Waals surface area contributed by atoms with Gasteiger partial charge in [0, 0.05) is 29.7 Å². The van der Waals surface area contributed by atoms with Gasteiger partial charge in [-0.3, -0.25) is 0 Å². The quantitative estimate of drug-likeness (QED) is 0.581. The predicted molar refractivity (Wildman–Crippen MR) is 76.7 cm³/mol. The molecule has 0 saturated heterocycles. The number of carbonyl (C=O) groups excluding carboxylic acids is 3. The van der Waals surface area contributed by atoms with Crippen molar-refractivity contribution < 1.29 is 23.5 Å². The molecule has 0 spiro atoms. The minimum Gasteiger partial charge on any atom is -0.464 e. The fourth-order valence-electron chi connectivity index (χ4n) is 2.79. The highest BCUT2D eigenvalue weighted by atomic mass is 19.1. The number of carbonyl (C=O) groups is 1. The predicted octanol–water partition coefficient (Wildman–Crippen LogP) is 1.54. The topological polar surface area (TPSA) is 63.7 Å². The van der Waals surface area contributed by atoms with Gasteiger partial charge in [-0.15, -0.1) is 0 Å². The van der Waals surface area contributed by atoms with E-state index in [2.05, 4.69) is 0 Å². The summed E-state index contributed by atoms with van der Waals surface area (Å²) < 4.78 is 18.5. The SMILES string of the molecule is COC(=O)C1=CC(=C=O)c2cc(F)cc3c2N1CCC3=C=O. The summed E-state index contributed by atoms with van der Waals surface area (Å²) in [6.07, 6.45) is 1.63. The van der Waals surface area contributed by atoms with E-state index in [1.165, 1.54) is 25.3 Å². The first kappa shape index (κ1) is 14.0. The third kappa shape index (κ3) is 1.91. The summed E-state index contributed by atoms with van der Waals surface area (Å²) in [6, 6.07) is 2.39. The molecule has 0 fully saturated rings. The number of nitrogens with zero attached hydrogens (tertiary/aromatic N) is 1. The molecule has 0 radical (unpaired) electrons. The van der Waals surface area contributed by atoms with Crippen LogP contribution in [0.4, 0.5) is 10.1 Å². The molecule has 3 rings (SSSR count). The Balaban J connectivity index is 2.35. The number of ether oxygens (including phenoxy) is 1. The van der Waals surface area contributed by atoms with Crippen molar-refractivity contribution in [2.45, 2.75) is 6.42 Å². The van der Waals surface area contributed by atoms with Crippen LogP contribution >= 0.6 is 0 Å². The molecule has 1 aromatic carbocycles. The van der Waals surface area contributed by atoms with Gasteiger partial charge in [-0.25, -0.2) is 18.8 Å². The molecule has 110 valence electrons. The lowest BCUT2D eigenvalue weighted by Gasteiger charge is -2.36. The third-order valence-corrected chi connectivity index (χ3v) is 3.74. The van der Waals surface area contributed by atoms with Crippen molar-refractivity contribution in [1.29, 1.82) is 0 Å². The van der Waals surface area contributed by atoms with Crippen LogP contribution < -0.4 is 4.90 Å². The Kier molecular flexibility index (Phi) is 3.26. The van der Waals surface area contributed by atoms with Crippen LogP contribution in [-0.4, -0.2) is 31.5 Å². The molecule has 0 aliphatic carbocycles. The summed E-state index contributed by atoms with van der Waals surface area (Å²) >= 11 is 0. The van der Waals surface area contributed by atoms with Crippen molar-refractivity contribution in [3.63, 3.8) is 0 Å². The molecule has 2 aliphatic rings. The van der Waals surface area contributed by atoms with E-state index in [0.717, 1.165) is 0 Å². The van der Waals surface area contributed by atoms with Crippen LogP contribution in [0.15, 0.2) is 23.9 Å². The summed E-state index contributed by atoms with van der Waals surface area (Å²) in [6.45, 7) is 0.337. The Morgan fingerprint density at radius 3 is 2.64 bits per heavy atom. The minimum absolute atomic E-state index is 0.0412. The van der Waals surface area contributed by atoms with Crippen LogP contribution in [0.25, 0.3) is 11.1 Å². The summed E-state index contributed by atoms with van der Waals surface area (Å²) in [5.74, 6) is 2.31. The lowest BCUT2D eigenvalue weighted by atomic mass is 9.88. The zero-order chi connectivity index (χ0) is 15.9. The summed E-state index contributed by atoms with van der Waals surface area (Å²) in [5.41, 5.74) is 1.57. The van der Waals surface area contributed by atoms with Crippen molar-refractivity contribution in [1.82, 2.24) is 0 Å². The number of hydrogen-bond acceptors (Lipinski definition) is 5. The Labute approximate surface area is 125 Å². The van der Waals surface area contributed by atoms with Gasteiger partial charge in [-0.2, -0.15) is 0 Å². The van der Waals surface area contributed by atoms with Gasteiger partial charge in [0.05, 0.1) is 18.4 Å². The van der Waals surface area contributed by atoms with Crippen molar-refractivity contribution in [2.75, 3.05) is 18.6 Å². The molecular formula is C16H10FNO4. The lowest BCUT2D eigenvalue weighted by Crippen LogP contribution is -2.35. The molecule has 22 heavy (non-hydrogen) atoms. The zero-order valence-electron chi connectivity index (χ0n) is 11.6. The van der Waals surface area contributed by atoms with E-state index in [4.69, 9.17) is 4.74 Å². The molecule has 0 bridgehead atoms. The highest BCUT2D eigenvalue weighted by Gasteiger charge is 2.34. The van der Waals surface area contributed by atoms with E-state index in [9.17, 15) is 18.8 Å². The molecule has 6 heteroatoms. The fraction of sp³-hybridized carbons (Fsp3) is 0.188. The Morgan fingerprint density at radius 2 is 2.00 bits per heavy atom. The number of anilines is 1. The van der Waals surface area contributed by atoms with Crippen LogP contribution in [0.2, 0.25) is 0 Å². The maximum absolute atomic E-state index is 13.8. The molecule has 0 N–H and O–H groups in total. The second-order valence-corrected chi connectivity index (χ2v) is 4.87. The number of allylic oxidation sites excluding steroid dienone is 2. The van der Waals surface area contributed by atoms with Gasteiger partial charge in [0.2, 0.25) is 0 Å². The highest BCUT2D eigenvalue weighted by molar-refractivity contribution is 6.10. The van der Waals surface area contributed by atoms with Crippen LogP contribution in [0.5, 0.6) is 0 Å². The molecular weight excluding hydrogens is 289 g/mol. The second kappa shape index (κ2) is 5.11. The summed E-state index contributed by atoms with van der Waals surface area (Å²) in [5, 5.41) is 0. The van der Waals surface area contributed by atoms with Crippen LogP contribution in [-0.2, 0) is 19.1 Å². The normalized spacial score (nSPS) is 15.5. The maximum atomic E-state index is 13.8. The van der Waals surface area contributed by atoms with Crippen molar-refractivity contribution >= 4 is 34.7 Å². The smallest absolute Gasteiger partial charge is 0.354 e. The average Bonchev–Trinajstić information content (AvgIpc) is 2.54. The first-order chi connectivity index (χ1) is 10.6. The standard InChI is InChI=1S/C16H10FNO4/c1-22-16(21)14-4-10(8-20)13-6-11(17)5-12-9(7-19)2-3-18(14)15(12)13/h4-6H,2-3H2,1H3. The van der Waals surface area contributed by atoms with E-state index >= 15 is 0 Å². The Morgan fingerprint density at radius 1 is 1.27 bits per heavy atom. The molecule has 0 aromatic heterocycles. The van der Waals surface area contributed by atoms with Crippen molar-refractivity contribution in [3.05, 3.63) is 40.8 Å². The van der Waals surface area contributed by atoms with E-state index in [1.807, 2.05) is 0 Å². The maximum Gasteiger partial charge on any atom is 0.354 e. The van der Waals surface area contributed by atoms with Crippen molar-refractivity contribution in [2.24, 2.45) is 0 Å². The number of rotatable bonds is 1. The van der Waals surface area contributed by atoms with E-state index in [1.54, 1.807) is 16.8 Å². The Hall–Kier alpha value is -2.94. The number of hydrogen-bond donors (Lipinski definition) is 0. The third-order valence-electron chi connectivity index (χ3n) is 3.74. The van der Waals surface area contributed by atoms with E-state index in [-0.39, 0.29) is 11.3 Å². The molecule has 5 nitrogen and oxygen atoms in total. The summed E-state index contributed by atoms with van der Waals surface area (Å²) in [7, 11) is 1.23. The average molecular weight is 299 g/mol. The number of methoxy groups -OCH3 is 1. The molecule has 0 amide bonds. The van der Waals surface area contributed by atoms with Gasteiger partial charge in [-0.1, -0.05) is 0 Å². The molecule has 1 aromatic rings. The minimum atomic E-state index is -0.618. The molecule has 2 aliphatic heterocycles. The number of esters is 1. The van der Waals surface area contributed by atoms with Gasteiger partial charge < -0.3 is 9.64 Å². The van der Waals surface area contributed by atoms with E-state index < -0.39 is 11.8 Å². The summed E-state index contributed by atoms with van der Waals surface area (Å²) in [4.78, 5) is 35.8. The lowest BCUT2D eigenvalue weighted by molar-refractivity contribution is -0.136. The van der Waals surface area contributed by atoms with Crippen LogP contribution in [0.3, 0.4) is 0 Å². The van der Waals surface area contributed by atoms with Gasteiger partial charge in [-0.05, 0) is 18.2 Å². The van der Waals surface area contributed by atoms with Gasteiger partial charge in [0.1, 0.15) is 23.4 Å². The van der Waals surface area contributed by atoms with Gasteiger partial charge in [0.15, 0.2) is 0 Å². The molecule has 0 unspecified atom stereocenters. The first-order valence-corrected chi connectivity index (χ1v) is 6.51. The van der Waals surface area contributed by atoms with Crippen LogP contribution in [0.1, 0.15) is 17.5 Å². The molecule has 2 heterocycles. The number of halogens is 1. The Bertz CT molecular complexity index is 827. The molecule has 0 saturated carbocycles. The first-order valence-electron chi connectivity index (χ1n) is 6.51. The van der Waals surface area contributed by atoms with Crippen molar-refractivity contribution in [3.8, 4) is 0 Å². The van der Waals surface area contributed by atoms with Crippen LogP contribution in [0, 0.1) is 5.82 Å². The number of benzene rings is 1. The highest BCUT2D eigenvalue weighted by Crippen LogP contribution is 2.44. The molecule has 0 atom stereocenters. The van der Waals surface area contributed by atoms with E-state index in [0.29, 0.717) is 35.4 Å². The monoisotopic (exact) mass is 299 g/mol. The largest absolute Gasteiger partial charge is 0.464 e.